The van der Waals surface area contributed by atoms with Crippen LogP contribution in [0, 0.1) is 5.41 Å². The lowest BCUT2D eigenvalue weighted by Gasteiger charge is -2.18. The van der Waals surface area contributed by atoms with Crippen LogP contribution in [0.3, 0.4) is 0 Å². The maximum Gasteiger partial charge on any atom is 0.220 e. The number of hydrogen-bond acceptors (Lipinski definition) is 1. The molecule has 0 aromatic heterocycles. The molecule has 0 aliphatic heterocycles. The summed E-state index contributed by atoms with van der Waals surface area (Å²) < 4.78 is 0. The Morgan fingerprint density at radius 1 is 1.38 bits per heavy atom. The molecule has 78 valence electrons. The average molecular weight is 185 g/mol. The molecule has 1 atom stereocenters. The molecule has 0 radical (unpaired) electrons. The van der Waals surface area contributed by atoms with E-state index in [1.165, 1.54) is 0 Å². The monoisotopic (exact) mass is 185 g/mol. The van der Waals surface area contributed by atoms with Gasteiger partial charge in [-0.2, -0.15) is 0 Å². The van der Waals surface area contributed by atoms with Crippen LogP contribution < -0.4 is 5.32 Å². The molecule has 0 aliphatic carbocycles. The van der Waals surface area contributed by atoms with E-state index in [9.17, 15) is 4.79 Å². The summed E-state index contributed by atoms with van der Waals surface area (Å²) in [6.07, 6.45) is 2.60. The minimum atomic E-state index is 0.185. The van der Waals surface area contributed by atoms with Crippen molar-refractivity contribution in [3.63, 3.8) is 0 Å². The second-order valence-electron chi connectivity index (χ2n) is 4.94. The van der Waals surface area contributed by atoms with Crippen LogP contribution in [-0.2, 0) is 4.79 Å². The topological polar surface area (TPSA) is 29.1 Å². The van der Waals surface area contributed by atoms with Crippen molar-refractivity contribution < 1.29 is 4.79 Å². The van der Waals surface area contributed by atoms with Gasteiger partial charge in [0.2, 0.25) is 5.91 Å². The molecular formula is C11H23NO. The van der Waals surface area contributed by atoms with Crippen molar-refractivity contribution in [2.75, 3.05) is 0 Å². The van der Waals surface area contributed by atoms with Gasteiger partial charge in [0.25, 0.3) is 0 Å². The number of rotatable bonds is 4. The molecule has 0 bridgehead atoms. The zero-order valence-electron chi connectivity index (χ0n) is 9.61. The first-order chi connectivity index (χ1) is 5.85. The highest BCUT2D eigenvalue weighted by Crippen LogP contribution is 2.20. The summed E-state index contributed by atoms with van der Waals surface area (Å²) >= 11 is 0. The van der Waals surface area contributed by atoms with Crippen molar-refractivity contribution in [1.29, 1.82) is 0 Å². The third-order valence-corrected chi connectivity index (χ3v) is 2.12. The fraction of sp³-hybridized carbons (Fsp3) is 0.909. The molecule has 0 unspecified atom stereocenters. The number of carbonyl (C=O) groups is 1. The largest absolute Gasteiger partial charge is 0.354 e. The SMILES string of the molecule is CC[C@H](C)NC(=O)CCC(C)(C)C. The van der Waals surface area contributed by atoms with Crippen LogP contribution in [0.5, 0.6) is 0 Å². The molecule has 0 aromatic carbocycles. The van der Waals surface area contributed by atoms with E-state index in [0.29, 0.717) is 12.5 Å². The minimum absolute atomic E-state index is 0.185. The first-order valence-corrected chi connectivity index (χ1v) is 5.14. The van der Waals surface area contributed by atoms with Crippen LogP contribution in [-0.4, -0.2) is 11.9 Å². The second kappa shape index (κ2) is 5.25. The predicted octanol–water partition coefficient (Wildman–Crippen LogP) is 2.73. The molecule has 0 aliphatic rings. The van der Waals surface area contributed by atoms with E-state index in [0.717, 1.165) is 12.8 Å². The number of nitrogens with one attached hydrogen (secondary N) is 1. The maximum atomic E-state index is 11.3. The summed E-state index contributed by atoms with van der Waals surface area (Å²) in [4.78, 5) is 11.3. The Labute approximate surface area is 82.1 Å². The van der Waals surface area contributed by atoms with E-state index >= 15 is 0 Å². The zero-order chi connectivity index (χ0) is 10.5. The summed E-state index contributed by atoms with van der Waals surface area (Å²) in [6.45, 7) is 10.6. The Bertz CT molecular complexity index is 158. The smallest absolute Gasteiger partial charge is 0.220 e. The molecule has 2 nitrogen and oxygen atoms in total. The van der Waals surface area contributed by atoms with Gasteiger partial charge in [0.15, 0.2) is 0 Å². The molecule has 1 N–H and O–H groups in total. The van der Waals surface area contributed by atoms with Gasteiger partial charge in [0, 0.05) is 12.5 Å². The summed E-state index contributed by atoms with van der Waals surface area (Å²) in [6, 6.07) is 0.312. The maximum absolute atomic E-state index is 11.3. The van der Waals surface area contributed by atoms with Gasteiger partial charge in [-0.15, -0.1) is 0 Å². The van der Waals surface area contributed by atoms with E-state index in [4.69, 9.17) is 0 Å². The van der Waals surface area contributed by atoms with Crippen molar-refractivity contribution in [1.82, 2.24) is 5.32 Å². The fourth-order valence-electron chi connectivity index (χ4n) is 0.938. The Morgan fingerprint density at radius 2 is 1.92 bits per heavy atom. The van der Waals surface area contributed by atoms with Gasteiger partial charge in [-0.3, -0.25) is 4.79 Å². The van der Waals surface area contributed by atoms with Crippen LogP contribution >= 0.6 is 0 Å². The first-order valence-electron chi connectivity index (χ1n) is 5.14. The Kier molecular flexibility index (Phi) is 5.04. The van der Waals surface area contributed by atoms with Crippen molar-refractivity contribution in [2.24, 2.45) is 5.41 Å². The van der Waals surface area contributed by atoms with Gasteiger partial charge in [0.1, 0.15) is 0 Å². The summed E-state index contributed by atoms with van der Waals surface area (Å²) in [5.74, 6) is 0.185. The van der Waals surface area contributed by atoms with E-state index in [-0.39, 0.29) is 11.3 Å². The number of carbonyl (C=O) groups excluding carboxylic acids is 1. The van der Waals surface area contributed by atoms with Gasteiger partial charge in [0.05, 0.1) is 0 Å². The first kappa shape index (κ1) is 12.5. The Balaban J connectivity index is 3.64. The molecule has 1 amide bonds. The predicted molar refractivity (Wildman–Crippen MR) is 56.6 cm³/mol. The Hall–Kier alpha value is -0.530. The average Bonchev–Trinajstić information content (AvgIpc) is 1.99. The molecule has 2 heteroatoms. The van der Waals surface area contributed by atoms with Crippen molar-refractivity contribution in [3.05, 3.63) is 0 Å². The van der Waals surface area contributed by atoms with Gasteiger partial charge in [-0.05, 0) is 25.2 Å². The number of amides is 1. The quantitative estimate of drug-likeness (QED) is 0.717. The lowest BCUT2D eigenvalue weighted by Crippen LogP contribution is -2.32. The normalized spacial score (nSPS) is 13.9. The van der Waals surface area contributed by atoms with Crippen molar-refractivity contribution in [3.8, 4) is 0 Å². The highest BCUT2D eigenvalue weighted by Gasteiger charge is 2.13. The molecular weight excluding hydrogens is 162 g/mol. The van der Waals surface area contributed by atoms with E-state index < -0.39 is 0 Å². The van der Waals surface area contributed by atoms with Crippen molar-refractivity contribution in [2.45, 2.75) is 59.9 Å². The highest BCUT2D eigenvalue weighted by atomic mass is 16.1. The van der Waals surface area contributed by atoms with Crippen molar-refractivity contribution >= 4 is 5.91 Å². The molecule has 0 fully saturated rings. The van der Waals surface area contributed by atoms with Gasteiger partial charge in [-0.1, -0.05) is 27.7 Å². The summed E-state index contributed by atoms with van der Waals surface area (Å²) in [5, 5.41) is 2.96. The second-order valence-corrected chi connectivity index (χ2v) is 4.94. The molecule has 0 saturated carbocycles. The van der Waals surface area contributed by atoms with Crippen LogP contribution in [0.25, 0.3) is 0 Å². The van der Waals surface area contributed by atoms with Gasteiger partial charge >= 0.3 is 0 Å². The highest BCUT2D eigenvalue weighted by molar-refractivity contribution is 5.76. The summed E-state index contributed by atoms with van der Waals surface area (Å²) in [7, 11) is 0. The third-order valence-electron chi connectivity index (χ3n) is 2.12. The minimum Gasteiger partial charge on any atom is -0.354 e. The van der Waals surface area contributed by atoms with Gasteiger partial charge in [-0.25, -0.2) is 0 Å². The number of hydrogen-bond donors (Lipinski definition) is 1. The molecule has 0 heterocycles. The molecule has 13 heavy (non-hydrogen) atoms. The molecule has 0 spiro atoms. The third kappa shape index (κ3) is 7.82. The summed E-state index contributed by atoms with van der Waals surface area (Å²) in [5.41, 5.74) is 0.257. The van der Waals surface area contributed by atoms with Crippen LogP contribution in [0.15, 0.2) is 0 Å². The van der Waals surface area contributed by atoms with E-state index in [2.05, 4.69) is 33.0 Å². The molecule has 0 rings (SSSR count). The standard InChI is InChI=1S/C11H23NO/c1-6-9(2)12-10(13)7-8-11(3,4)5/h9H,6-8H2,1-5H3,(H,12,13)/t9-/m0/s1. The molecule has 0 aromatic rings. The van der Waals surface area contributed by atoms with Gasteiger partial charge < -0.3 is 5.32 Å². The Morgan fingerprint density at radius 3 is 2.31 bits per heavy atom. The fourth-order valence-corrected chi connectivity index (χ4v) is 0.938. The zero-order valence-corrected chi connectivity index (χ0v) is 9.61. The lowest BCUT2D eigenvalue weighted by atomic mass is 9.90. The van der Waals surface area contributed by atoms with Crippen LogP contribution in [0.4, 0.5) is 0 Å². The van der Waals surface area contributed by atoms with Crippen LogP contribution in [0.1, 0.15) is 53.9 Å². The van der Waals surface area contributed by atoms with Crippen LogP contribution in [0.2, 0.25) is 0 Å². The molecule has 0 saturated heterocycles. The van der Waals surface area contributed by atoms with E-state index in [1.807, 2.05) is 6.92 Å². The van der Waals surface area contributed by atoms with E-state index in [1.54, 1.807) is 0 Å². The lowest BCUT2D eigenvalue weighted by molar-refractivity contribution is -0.122.